The Morgan fingerprint density at radius 3 is 2.43 bits per heavy atom. The predicted molar refractivity (Wildman–Crippen MR) is 146 cm³/mol. The molecule has 0 radical (unpaired) electrons. The molecule has 37 heavy (non-hydrogen) atoms. The lowest BCUT2D eigenvalue weighted by Gasteiger charge is -2.28. The molecule has 1 aromatic heterocycles. The van der Waals surface area contributed by atoms with E-state index in [1.54, 1.807) is 6.92 Å². The minimum absolute atomic E-state index is 0.000323. The third-order valence-corrected chi connectivity index (χ3v) is 6.77. The zero-order valence-electron chi connectivity index (χ0n) is 22.8. The van der Waals surface area contributed by atoms with Crippen LogP contribution in [0.25, 0.3) is 0 Å². The van der Waals surface area contributed by atoms with E-state index in [9.17, 15) is 17.6 Å². The molecule has 2 N–H and O–H groups in total. The van der Waals surface area contributed by atoms with Crippen molar-refractivity contribution in [2.75, 3.05) is 19.3 Å². The van der Waals surface area contributed by atoms with E-state index >= 15 is 0 Å². The Morgan fingerprint density at radius 2 is 1.84 bits per heavy atom. The van der Waals surface area contributed by atoms with Gasteiger partial charge in [0.1, 0.15) is 11.6 Å². The highest BCUT2D eigenvalue weighted by molar-refractivity contribution is 5.55. The number of piperidine rings is 1. The van der Waals surface area contributed by atoms with Crippen LogP contribution < -0.4 is 5.73 Å². The van der Waals surface area contributed by atoms with Crippen molar-refractivity contribution in [1.82, 2.24) is 9.88 Å². The lowest BCUT2D eigenvalue weighted by molar-refractivity contribution is -0.0884. The molecule has 204 valence electrons. The third-order valence-electron chi connectivity index (χ3n) is 6.77. The van der Waals surface area contributed by atoms with Gasteiger partial charge < -0.3 is 10.6 Å². The van der Waals surface area contributed by atoms with E-state index in [0.717, 1.165) is 55.7 Å². The van der Waals surface area contributed by atoms with Gasteiger partial charge in [-0.15, -0.1) is 0 Å². The molecule has 1 aromatic rings. The molecule has 2 heterocycles. The summed E-state index contributed by atoms with van der Waals surface area (Å²) in [5, 5.41) is 0. The van der Waals surface area contributed by atoms with Gasteiger partial charge in [-0.1, -0.05) is 37.6 Å². The SMILES string of the molecule is C\C=C(F)/C(=C\C(=C\CC)C(F)(F)F)C(/C=C1/CCCCN1C)=C(C)CC.Nc1ccc2c(n1)CCC2. The first-order valence-corrected chi connectivity index (χ1v) is 13.2. The quantitative estimate of drug-likeness (QED) is 0.302. The molecule has 1 aliphatic heterocycles. The van der Waals surface area contributed by atoms with Crippen molar-refractivity contribution < 1.29 is 17.6 Å². The fraction of sp³-hybridized carbons (Fsp3) is 0.500. The van der Waals surface area contributed by atoms with Gasteiger partial charge >= 0.3 is 6.18 Å². The number of nitrogen functional groups attached to an aromatic ring is 1. The lowest BCUT2D eigenvalue weighted by Crippen LogP contribution is -2.23. The number of hydrogen-bond donors (Lipinski definition) is 1. The number of alkyl halides is 3. The van der Waals surface area contributed by atoms with E-state index < -0.39 is 17.6 Å². The molecular formula is C30H41F4N3. The predicted octanol–water partition coefficient (Wildman–Crippen LogP) is 8.56. The van der Waals surface area contributed by atoms with Crippen molar-refractivity contribution in [2.45, 2.75) is 85.2 Å². The number of nitrogens with two attached hydrogens (primary N) is 1. The summed E-state index contributed by atoms with van der Waals surface area (Å²) < 4.78 is 54.9. The summed E-state index contributed by atoms with van der Waals surface area (Å²) >= 11 is 0. The van der Waals surface area contributed by atoms with Crippen LogP contribution in [0.4, 0.5) is 23.4 Å². The molecule has 0 unspecified atom stereocenters. The molecule has 1 fully saturated rings. The van der Waals surface area contributed by atoms with Gasteiger partial charge in [0.15, 0.2) is 0 Å². The molecule has 1 saturated heterocycles. The molecule has 1 aliphatic carbocycles. The Morgan fingerprint density at radius 1 is 1.11 bits per heavy atom. The van der Waals surface area contributed by atoms with E-state index in [1.165, 1.54) is 37.1 Å². The number of fused-ring (bicyclic) bond motifs is 1. The van der Waals surface area contributed by atoms with Crippen LogP contribution in [0.1, 0.15) is 77.5 Å². The van der Waals surface area contributed by atoms with Crippen LogP contribution in [-0.2, 0) is 12.8 Å². The molecule has 0 bridgehead atoms. The number of halogens is 4. The fourth-order valence-electron chi connectivity index (χ4n) is 4.46. The van der Waals surface area contributed by atoms with Crippen LogP contribution in [0.5, 0.6) is 0 Å². The van der Waals surface area contributed by atoms with Gasteiger partial charge in [-0.05, 0) is 94.6 Å². The van der Waals surface area contributed by atoms with Gasteiger partial charge in [-0.3, -0.25) is 0 Å². The van der Waals surface area contributed by atoms with E-state index in [2.05, 4.69) is 16.0 Å². The molecule has 3 nitrogen and oxygen atoms in total. The topological polar surface area (TPSA) is 42.1 Å². The standard InChI is InChI=1S/C22H31F4N.C8H10N2/c1-6-11-17(22(24,25)26)14-20(21(23)8-3)19(16(4)7-2)15-18-12-9-10-13-27(18)5;9-8-5-4-6-2-1-3-7(6)10-8/h8,11,14-15H,6-7,9-10,12-13H2,1-5H3;4-5H,1-3H2,(H2,9,10)/b17-11-,18-15-,19-16?,20-14-,21-8+;. The molecule has 0 aromatic carbocycles. The first-order valence-electron chi connectivity index (χ1n) is 13.2. The molecule has 2 aliphatic rings. The zero-order valence-corrected chi connectivity index (χ0v) is 22.8. The zero-order chi connectivity index (χ0) is 27.6. The number of nitrogens with zero attached hydrogens (tertiary/aromatic N) is 2. The van der Waals surface area contributed by atoms with Crippen molar-refractivity contribution in [3.05, 3.63) is 81.5 Å². The molecule has 0 spiro atoms. The van der Waals surface area contributed by atoms with E-state index in [-0.39, 0.29) is 12.0 Å². The second kappa shape index (κ2) is 14.2. The van der Waals surface area contributed by atoms with Crippen LogP contribution in [0.2, 0.25) is 0 Å². The van der Waals surface area contributed by atoms with Gasteiger partial charge in [0, 0.05) is 30.6 Å². The number of anilines is 1. The smallest absolute Gasteiger partial charge is 0.384 e. The number of allylic oxidation sites excluding steroid dienone is 10. The maximum atomic E-state index is 14.7. The highest BCUT2D eigenvalue weighted by atomic mass is 19.4. The van der Waals surface area contributed by atoms with Crippen molar-refractivity contribution in [2.24, 2.45) is 0 Å². The number of likely N-dealkylation sites (tertiary alicyclic amines) is 1. The highest BCUT2D eigenvalue weighted by Gasteiger charge is 2.32. The Hall–Kier alpha value is -2.83. The number of hydrogen-bond acceptors (Lipinski definition) is 3. The Bertz CT molecular complexity index is 1070. The molecule has 3 rings (SSSR count). The highest BCUT2D eigenvalue weighted by Crippen LogP contribution is 2.35. The summed E-state index contributed by atoms with van der Waals surface area (Å²) in [6.07, 6.45) is 7.98. The van der Waals surface area contributed by atoms with E-state index in [4.69, 9.17) is 5.73 Å². The maximum Gasteiger partial charge on any atom is 0.416 e. The average molecular weight is 520 g/mol. The van der Waals surface area contributed by atoms with Crippen LogP contribution in [0.3, 0.4) is 0 Å². The summed E-state index contributed by atoms with van der Waals surface area (Å²) in [5.74, 6) is 0.0139. The van der Waals surface area contributed by atoms with Crippen LogP contribution >= 0.6 is 0 Å². The molecule has 0 amide bonds. The Balaban J connectivity index is 0.000000394. The van der Waals surface area contributed by atoms with Gasteiger partial charge in [0.2, 0.25) is 0 Å². The molecule has 0 atom stereocenters. The number of pyridine rings is 1. The van der Waals surface area contributed by atoms with Gasteiger partial charge in [0.05, 0.1) is 5.57 Å². The summed E-state index contributed by atoms with van der Waals surface area (Å²) in [6.45, 7) is 7.81. The maximum absolute atomic E-state index is 14.7. The number of aromatic nitrogens is 1. The second-order valence-corrected chi connectivity index (χ2v) is 9.52. The van der Waals surface area contributed by atoms with E-state index in [0.29, 0.717) is 17.8 Å². The summed E-state index contributed by atoms with van der Waals surface area (Å²) in [7, 11) is 1.97. The Labute approximate surface area is 219 Å². The molecular weight excluding hydrogens is 478 g/mol. The minimum Gasteiger partial charge on any atom is -0.384 e. The van der Waals surface area contributed by atoms with E-state index in [1.807, 2.05) is 33.0 Å². The number of aryl methyl sites for hydroxylation is 2. The fourth-order valence-corrected chi connectivity index (χ4v) is 4.46. The summed E-state index contributed by atoms with van der Waals surface area (Å²) in [6, 6.07) is 3.97. The van der Waals surface area contributed by atoms with Crippen molar-refractivity contribution in [1.29, 1.82) is 0 Å². The van der Waals surface area contributed by atoms with Crippen LogP contribution in [0, 0.1) is 0 Å². The largest absolute Gasteiger partial charge is 0.416 e. The Kier molecular flexibility index (Phi) is 11.7. The van der Waals surface area contributed by atoms with Crippen LogP contribution in [-0.4, -0.2) is 29.7 Å². The molecule has 0 saturated carbocycles. The van der Waals surface area contributed by atoms with Crippen molar-refractivity contribution >= 4 is 5.82 Å². The summed E-state index contributed by atoms with van der Waals surface area (Å²) in [4.78, 5) is 6.33. The lowest BCUT2D eigenvalue weighted by atomic mass is 9.93. The number of rotatable bonds is 6. The van der Waals surface area contributed by atoms with Crippen molar-refractivity contribution in [3.63, 3.8) is 0 Å². The molecule has 7 heteroatoms. The minimum atomic E-state index is -4.52. The van der Waals surface area contributed by atoms with Crippen molar-refractivity contribution in [3.8, 4) is 0 Å². The second-order valence-electron chi connectivity index (χ2n) is 9.52. The summed E-state index contributed by atoms with van der Waals surface area (Å²) in [5.41, 5.74) is 9.74. The first kappa shape index (κ1) is 30.4. The third kappa shape index (κ3) is 8.90. The average Bonchev–Trinajstić information content (AvgIpc) is 3.33. The first-order chi connectivity index (χ1) is 17.5. The van der Waals surface area contributed by atoms with Crippen LogP contribution in [0.15, 0.2) is 70.3 Å². The van der Waals surface area contributed by atoms with Gasteiger partial charge in [-0.2, -0.15) is 13.2 Å². The van der Waals surface area contributed by atoms with Gasteiger partial charge in [0.25, 0.3) is 0 Å². The van der Waals surface area contributed by atoms with Gasteiger partial charge in [-0.25, -0.2) is 9.37 Å². The normalized spacial score (nSPS) is 18.9. The monoisotopic (exact) mass is 519 g/mol.